The van der Waals surface area contributed by atoms with E-state index in [1.54, 1.807) is 7.11 Å². The maximum Gasteiger partial charge on any atom is 0.290 e. The van der Waals surface area contributed by atoms with E-state index in [1.165, 1.54) is 0 Å². The maximum atomic E-state index is 14.1. The molecule has 0 radical (unpaired) electrons. The third-order valence-electron chi connectivity index (χ3n) is 7.09. The Bertz CT molecular complexity index is 1030. The van der Waals surface area contributed by atoms with Gasteiger partial charge in [-0.15, -0.1) is 24.8 Å². The summed E-state index contributed by atoms with van der Waals surface area (Å²) < 4.78 is 12.7. The number of fused-ring (bicyclic) bond motifs is 1. The topological polar surface area (TPSA) is 88.9 Å². The molecule has 4 rings (SSSR count). The maximum absolute atomic E-state index is 14.1. The summed E-state index contributed by atoms with van der Waals surface area (Å²) in [5.74, 6) is 0.743. The number of unbranched alkanes of at least 4 members (excludes halogenated alkanes) is 1. The van der Waals surface area contributed by atoms with E-state index < -0.39 is 0 Å². The normalized spacial score (nSPS) is 19.6. The van der Waals surface area contributed by atoms with Gasteiger partial charge in [-0.05, 0) is 37.3 Å². The summed E-state index contributed by atoms with van der Waals surface area (Å²) in [6.45, 7) is 10.1. The molecule has 2 aliphatic rings. The van der Waals surface area contributed by atoms with Crippen molar-refractivity contribution >= 4 is 47.7 Å². The van der Waals surface area contributed by atoms with Gasteiger partial charge in [-0.3, -0.25) is 9.59 Å². The van der Waals surface area contributed by atoms with Gasteiger partial charge in [0.2, 0.25) is 5.91 Å². The summed E-state index contributed by atoms with van der Waals surface area (Å²) in [4.78, 5) is 36.0. The van der Waals surface area contributed by atoms with E-state index in [9.17, 15) is 9.59 Å². The molecule has 2 atom stereocenters. The summed E-state index contributed by atoms with van der Waals surface area (Å²) in [6.07, 6.45) is 2.49. The van der Waals surface area contributed by atoms with Gasteiger partial charge in [0.05, 0.1) is 30.2 Å². The number of ether oxygens (including phenoxy) is 2. The van der Waals surface area contributed by atoms with Crippen LogP contribution in [0.1, 0.15) is 43.7 Å². The standard InChI is InChI=1S/C27H41N5O4.2ClH/c1-20(2)19-32(22-16-21(17-28-18-22)26(33)30-11-14-36-15-12-30)27(34)25-29-23-8-4-5-9-24(23)31(25)10-6-7-13-35-3;;/h4-5,8-9,20-22,28H,6-7,10-19H2,1-3H3;2*1H. The lowest BCUT2D eigenvalue weighted by Crippen LogP contribution is -2.56. The van der Waals surface area contributed by atoms with Crippen molar-refractivity contribution in [2.75, 3.05) is 59.7 Å². The minimum absolute atomic E-state index is 0. The molecule has 0 bridgehead atoms. The fourth-order valence-corrected chi connectivity index (χ4v) is 5.29. The van der Waals surface area contributed by atoms with Crippen LogP contribution in [0, 0.1) is 11.8 Å². The van der Waals surface area contributed by atoms with Crippen LogP contribution in [0.3, 0.4) is 0 Å². The number of aromatic nitrogens is 2. The number of morpholine rings is 1. The summed E-state index contributed by atoms with van der Waals surface area (Å²) in [5.41, 5.74) is 1.81. The van der Waals surface area contributed by atoms with Crippen molar-refractivity contribution in [3.05, 3.63) is 30.1 Å². The quantitative estimate of drug-likeness (QED) is 0.440. The zero-order chi connectivity index (χ0) is 25.5. The molecule has 1 aromatic carbocycles. The number of hydrogen-bond donors (Lipinski definition) is 1. The lowest BCUT2D eigenvalue weighted by molar-refractivity contribution is -0.140. The van der Waals surface area contributed by atoms with Crippen LogP contribution in [0.15, 0.2) is 24.3 Å². The highest BCUT2D eigenvalue weighted by Crippen LogP contribution is 2.24. The van der Waals surface area contributed by atoms with Crippen molar-refractivity contribution in [3.8, 4) is 0 Å². The average molecular weight is 573 g/mol. The second-order valence-electron chi connectivity index (χ2n) is 10.3. The molecule has 2 unspecified atom stereocenters. The minimum Gasteiger partial charge on any atom is -0.385 e. The van der Waals surface area contributed by atoms with Gasteiger partial charge in [0.1, 0.15) is 0 Å². The summed E-state index contributed by atoms with van der Waals surface area (Å²) in [7, 11) is 1.71. The summed E-state index contributed by atoms with van der Waals surface area (Å²) >= 11 is 0. The molecule has 2 amide bonds. The molecule has 1 aromatic heterocycles. The number of carbonyl (C=O) groups excluding carboxylic acids is 2. The number of benzene rings is 1. The van der Waals surface area contributed by atoms with Crippen molar-refractivity contribution in [3.63, 3.8) is 0 Å². The molecular weight excluding hydrogens is 529 g/mol. The Morgan fingerprint density at radius 1 is 1.16 bits per heavy atom. The van der Waals surface area contributed by atoms with Gasteiger partial charge in [0.25, 0.3) is 5.91 Å². The lowest BCUT2D eigenvalue weighted by Gasteiger charge is -2.40. The number of methoxy groups -OCH3 is 1. The second-order valence-corrected chi connectivity index (χ2v) is 10.3. The molecule has 3 heterocycles. The van der Waals surface area contributed by atoms with E-state index in [4.69, 9.17) is 14.5 Å². The fourth-order valence-electron chi connectivity index (χ4n) is 5.29. The van der Waals surface area contributed by atoms with Gasteiger partial charge in [-0.25, -0.2) is 4.98 Å². The first-order valence-corrected chi connectivity index (χ1v) is 13.3. The molecule has 0 aliphatic carbocycles. The van der Waals surface area contributed by atoms with Crippen LogP contribution >= 0.6 is 24.8 Å². The van der Waals surface area contributed by atoms with Gasteiger partial charge >= 0.3 is 0 Å². The molecule has 11 heteroatoms. The Hall–Kier alpha value is -1.91. The van der Waals surface area contributed by atoms with Crippen LogP contribution in [0.5, 0.6) is 0 Å². The molecule has 2 saturated heterocycles. The smallest absolute Gasteiger partial charge is 0.290 e. The molecule has 0 saturated carbocycles. The largest absolute Gasteiger partial charge is 0.385 e. The third-order valence-corrected chi connectivity index (χ3v) is 7.09. The Morgan fingerprint density at radius 2 is 1.89 bits per heavy atom. The lowest BCUT2D eigenvalue weighted by atomic mass is 9.92. The highest BCUT2D eigenvalue weighted by atomic mass is 35.5. The number of rotatable bonds is 10. The minimum atomic E-state index is -0.142. The average Bonchev–Trinajstić information content (AvgIpc) is 3.28. The molecule has 2 aliphatic heterocycles. The first-order valence-electron chi connectivity index (χ1n) is 13.3. The molecule has 2 aromatic rings. The number of imidazole rings is 1. The number of amides is 2. The van der Waals surface area contributed by atoms with E-state index >= 15 is 0 Å². The molecule has 9 nitrogen and oxygen atoms in total. The third kappa shape index (κ3) is 7.82. The highest BCUT2D eigenvalue weighted by Gasteiger charge is 2.36. The Labute approximate surface area is 238 Å². The van der Waals surface area contributed by atoms with E-state index in [2.05, 4.69) is 23.7 Å². The molecule has 38 heavy (non-hydrogen) atoms. The molecule has 214 valence electrons. The van der Waals surface area contributed by atoms with Gasteiger partial charge in [-0.2, -0.15) is 0 Å². The van der Waals surface area contributed by atoms with Crippen LogP contribution in [-0.2, 0) is 20.8 Å². The Kier molecular flexibility index (Phi) is 13.3. The number of carbonyl (C=O) groups is 2. The van der Waals surface area contributed by atoms with Crippen LogP contribution in [0.4, 0.5) is 0 Å². The van der Waals surface area contributed by atoms with Crippen molar-refractivity contribution in [1.29, 1.82) is 0 Å². The zero-order valence-corrected chi connectivity index (χ0v) is 24.4. The summed E-state index contributed by atoms with van der Waals surface area (Å²) in [6, 6.07) is 7.87. The van der Waals surface area contributed by atoms with Gasteiger partial charge in [0, 0.05) is 59.0 Å². The van der Waals surface area contributed by atoms with E-state index in [1.807, 2.05) is 34.1 Å². The van der Waals surface area contributed by atoms with Gasteiger partial charge in [0.15, 0.2) is 5.82 Å². The first kappa shape index (κ1) is 32.3. The number of nitrogens with zero attached hydrogens (tertiary/aromatic N) is 4. The number of aryl methyl sites for hydroxylation is 1. The fraction of sp³-hybridized carbons (Fsp3) is 0.667. The number of piperidine rings is 1. The SMILES string of the molecule is COCCCCn1c(C(=O)N(CC(C)C)C2CNCC(C(=O)N3CCOCC3)C2)nc2ccccc21.Cl.Cl. The number of halogens is 2. The highest BCUT2D eigenvalue weighted by molar-refractivity contribution is 5.95. The molecule has 0 spiro atoms. The van der Waals surface area contributed by atoms with Crippen molar-refractivity contribution in [2.45, 2.75) is 45.7 Å². The van der Waals surface area contributed by atoms with Gasteiger partial charge in [-0.1, -0.05) is 26.0 Å². The van der Waals surface area contributed by atoms with Crippen LogP contribution in [-0.4, -0.2) is 96.9 Å². The van der Waals surface area contributed by atoms with Crippen LogP contribution < -0.4 is 5.32 Å². The Morgan fingerprint density at radius 3 is 2.61 bits per heavy atom. The number of hydrogen-bond acceptors (Lipinski definition) is 6. The van der Waals surface area contributed by atoms with Crippen LogP contribution in [0.2, 0.25) is 0 Å². The van der Waals surface area contributed by atoms with Crippen molar-refractivity contribution in [1.82, 2.24) is 24.7 Å². The molecule has 1 N–H and O–H groups in total. The predicted octanol–water partition coefficient (Wildman–Crippen LogP) is 3.24. The number of para-hydroxylation sites is 2. The molecular formula is C27H43Cl2N5O4. The Balaban J connectivity index is 0.00000253. The molecule has 2 fully saturated rings. The van der Waals surface area contributed by atoms with Crippen molar-refractivity contribution < 1.29 is 19.1 Å². The predicted molar refractivity (Wildman–Crippen MR) is 153 cm³/mol. The zero-order valence-electron chi connectivity index (χ0n) is 22.8. The van der Waals surface area contributed by atoms with Crippen molar-refractivity contribution in [2.24, 2.45) is 11.8 Å². The van der Waals surface area contributed by atoms with E-state index in [0.717, 1.165) is 23.9 Å². The van der Waals surface area contributed by atoms with E-state index in [0.29, 0.717) is 77.3 Å². The van der Waals surface area contributed by atoms with E-state index in [-0.39, 0.29) is 48.6 Å². The summed E-state index contributed by atoms with van der Waals surface area (Å²) in [5, 5.41) is 3.44. The van der Waals surface area contributed by atoms with Crippen LogP contribution in [0.25, 0.3) is 11.0 Å². The second kappa shape index (κ2) is 15.6. The van der Waals surface area contributed by atoms with Gasteiger partial charge < -0.3 is 29.2 Å². The first-order chi connectivity index (χ1) is 17.5. The number of nitrogens with one attached hydrogen (secondary N) is 1. The monoisotopic (exact) mass is 571 g/mol.